The first-order chi connectivity index (χ1) is 13.1. The van der Waals surface area contributed by atoms with Crippen molar-refractivity contribution in [1.29, 1.82) is 0 Å². The molecule has 2 aliphatic carbocycles. The van der Waals surface area contributed by atoms with E-state index >= 15 is 0 Å². The van der Waals surface area contributed by atoms with Crippen LogP contribution in [0, 0.1) is 11.8 Å². The highest BCUT2D eigenvalue weighted by atomic mass is 16.5. The Kier molecular flexibility index (Phi) is 5.53. The minimum Gasteiger partial charge on any atom is -0.490 e. The second-order valence-electron chi connectivity index (χ2n) is 8.90. The van der Waals surface area contributed by atoms with Gasteiger partial charge in [-0.15, -0.1) is 0 Å². The number of hydrogen-bond donors (Lipinski definition) is 1. The first-order valence-corrected chi connectivity index (χ1v) is 10.6. The molecule has 2 saturated carbocycles. The molecule has 0 saturated heterocycles. The molecule has 4 heteroatoms. The first-order valence-electron chi connectivity index (χ1n) is 10.6. The molecule has 146 valence electrons. The van der Waals surface area contributed by atoms with Gasteiger partial charge in [0.2, 0.25) is 0 Å². The molecule has 2 fully saturated rings. The van der Waals surface area contributed by atoms with Crippen molar-refractivity contribution in [3.05, 3.63) is 40.8 Å². The lowest BCUT2D eigenvalue weighted by Gasteiger charge is -2.38. The first kappa shape index (κ1) is 18.5. The molecule has 0 unspecified atom stereocenters. The summed E-state index contributed by atoms with van der Waals surface area (Å²) in [5.74, 6) is 2.57. The van der Waals surface area contributed by atoms with Crippen LogP contribution in [-0.2, 0) is 0 Å². The van der Waals surface area contributed by atoms with Gasteiger partial charge in [0, 0.05) is 30.7 Å². The van der Waals surface area contributed by atoms with Crippen LogP contribution in [0.25, 0.3) is 10.8 Å². The number of H-pyrrole nitrogens is 1. The number of fused-ring (bicyclic) bond motifs is 1. The molecule has 0 spiro atoms. The minimum absolute atomic E-state index is 0.0412. The van der Waals surface area contributed by atoms with Crippen molar-refractivity contribution in [2.45, 2.75) is 64.5 Å². The Hall–Kier alpha value is -1.81. The van der Waals surface area contributed by atoms with Crippen LogP contribution in [-0.4, -0.2) is 35.1 Å². The second kappa shape index (κ2) is 8.05. The summed E-state index contributed by atoms with van der Waals surface area (Å²) in [7, 11) is 0. The van der Waals surface area contributed by atoms with Crippen LogP contribution in [0.5, 0.6) is 5.75 Å². The topological polar surface area (TPSA) is 45.3 Å². The molecular formula is C23H32N2O2. The zero-order chi connectivity index (χ0) is 18.8. The number of aromatic amines is 1. The highest BCUT2D eigenvalue weighted by Gasteiger charge is 2.31. The molecule has 1 aromatic heterocycles. The van der Waals surface area contributed by atoms with Gasteiger partial charge in [0.05, 0.1) is 6.10 Å². The summed E-state index contributed by atoms with van der Waals surface area (Å²) >= 11 is 0. The second-order valence-corrected chi connectivity index (χ2v) is 8.90. The predicted octanol–water partition coefficient (Wildman–Crippen LogP) is 4.59. The van der Waals surface area contributed by atoms with E-state index in [4.69, 9.17) is 4.74 Å². The maximum Gasteiger partial charge on any atom is 0.255 e. The van der Waals surface area contributed by atoms with Gasteiger partial charge in [0.15, 0.2) is 0 Å². The van der Waals surface area contributed by atoms with Crippen LogP contribution in [0.2, 0.25) is 0 Å². The van der Waals surface area contributed by atoms with Gasteiger partial charge in [0.25, 0.3) is 5.56 Å². The number of nitrogens with one attached hydrogen (secondary N) is 1. The number of ether oxygens (including phenoxy) is 1. The van der Waals surface area contributed by atoms with E-state index < -0.39 is 0 Å². The van der Waals surface area contributed by atoms with Crippen LogP contribution in [0.3, 0.4) is 0 Å². The van der Waals surface area contributed by atoms with E-state index in [0.29, 0.717) is 6.10 Å². The van der Waals surface area contributed by atoms with Crippen molar-refractivity contribution in [2.24, 2.45) is 11.8 Å². The Balaban J connectivity index is 1.35. The lowest BCUT2D eigenvalue weighted by molar-refractivity contribution is 0.0785. The third kappa shape index (κ3) is 4.73. The SMILES string of the molecule is CC(C)CN(CC1CC1)[C@H]1CC[C@H](Oc2ccc3c(=O)[nH]ccc3c2)CC1. The van der Waals surface area contributed by atoms with Gasteiger partial charge in [-0.25, -0.2) is 0 Å². The Morgan fingerprint density at radius 3 is 2.59 bits per heavy atom. The average Bonchev–Trinajstić information content (AvgIpc) is 3.46. The zero-order valence-electron chi connectivity index (χ0n) is 16.6. The largest absolute Gasteiger partial charge is 0.490 e. The van der Waals surface area contributed by atoms with Crippen LogP contribution in [0.15, 0.2) is 35.3 Å². The summed E-state index contributed by atoms with van der Waals surface area (Å²) in [6.45, 7) is 7.19. The zero-order valence-corrected chi connectivity index (χ0v) is 16.6. The molecule has 0 aliphatic heterocycles. The van der Waals surface area contributed by atoms with Gasteiger partial charge in [-0.2, -0.15) is 0 Å². The van der Waals surface area contributed by atoms with E-state index in [9.17, 15) is 4.79 Å². The maximum atomic E-state index is 11.8. The highest BCUT2D eigenvalue weighted by molar-refractivity contribution is 5.82. The quantitative estimate of drug-likeness (QED) is 0.778. The molecular weight excluding hydrogens is 336 g/mol. The summed E-state index contributed by atoms with van der Waals surface area (Å²) in [6, 6.07) is 8.46. The van der Waals surface area contributed by atoms with E-state index in [-0.39, 0.29) is 5.56 Å². The van der Waals surface area contributed by atoms with Gasteiger partial charge < -0.3 is 9.72 Å². The van der Waals surface area contributed by atoms with Gasteiger partial charge in [-0.3, -0.25) is 9.69 Å². The standard InChI is InChI=1S/C23H32N2O2/c1-16(2)14-25(15-17-3-4-17)19-5-7-20(8-6-19)27-21-9-10-22-18(13-21)11-12-24-23(22)26/h9-13,16-17,19-20H,3-8,14-15H2,1-2H3,(H,24,26)/t19-,20-. The number of benzene rings is 1. The van der Waals surface area contributed by atoms with Gasteiger partial charge in [-0.1, -0.05) is 13.8 Å². The fraction of sp³-hybridized carbons (Fsp3) is 0.609. The van der Waals surface area contributed by atoms with E-state index in [2.05, 4.69) is 23.7 Å². The van der Waals surface area contributed by atoms with Crippen molar-refractivity contribution in [3.63, 3.8) is 0 Å². The Bertz CT molecular complexity index is 812. The number of nitrogens with zero attached hydrogens (tertiary/aromatic N) is 1. The molecule has 0 radical (unpaired) electrons. The minimum atomic E-state index is -0.0412. The van der Waals surface area contributed by atoms with Crippen molar-refractivity contribution in [1.82, 2.24) is 9.88 Å². The summed E-state index contributed by atoms with van der Waals surface area (Å²) in [6.07, 6.45) is 9.56. The van der Waals surface area contributed by atoms with Crippen LogP contribution >= 0.6 is 0 Å². The Morgan fingerprint density at radius 2 is 1.89 bits per heavy atom. The highest BCUT2D eigenvalue weighted by Crippen LogP contribution is 2.34. The molecule has 4 nitrogen and oxygen atoms in total. The van der Waals surface area contributed by atoms with Crippen LogP contribution in [0.1, 0.15) is 52.4 Å². The number of hydrogen-bond acceptors (Lipinski definition) is 3. The molecule has 27 heavy (non-hydrogen) atoms. The van der Waals surface area contributed by atoms with Crippen molar-refractivity contribution >= 4 is 10.8 Å². The van der Waals surface area contributed by atoms with Crippen molar-refractivity contribution < 1.29 is 4.74 Å². The third-order valence-corrected chi connectivity index (χ3v) is 6.00. The summed E-state index contributed by atoms with van der Waals surface area (Å²) < 4.78 is 6.28. The molecule has 1 N–H and O–H groups in total. The summed E-state index contributed by atoms with van der Waals surface area (Å²) in [4.78, 5) is 17.3. The molecule has 4 rings (SSSR count). The molecule has 0 atom stereocenters. The van der Waals surface area contributed by atoms with Crippen LogP contribution in [0.4, 0.5) is 0 Å². The van der Waals surface area contributed by atoms with E-state index in [1.54, 1.807) is 6.20 Å². The van der Waals surface area contributed by atoms with Crippen molar-refractivity contribution in [3.8, 4) is 5.75 Å². The molecule has 2 aromatic rings. The van der Waals surface area contributed by atoms with Crippen molar-refractivity contribution in [2.75, 3.05) is 13.1 Å². The summed E-state index contributed by atoms with van der Waals surface area (Å²) in [5, 5.41) is 1.66. The maximum absolute atomic E-state index is 11.8. The number of pyridine rings is 1. The molecule has 1 aromatic carbocycles. The Morgan fingerprint density at radius 1 is 1.11 bits per heavy atom. The monoisotopic (exact) mass is 368 g/mol. The van der Waals surface area contributed by atoms with Gasteiger partial charge in [-0.05, 0) is 80.0 Å². The molecule has 1 heterocycles. The predicted molar refractivity (Wildman–Crippen MR) is 110 cm³/mol. The lowest BCUT2D eigenvalue weighted by Crippen LogP contribution is -2.43. The van der Waals surface area contributed by atoms with Gasteiger partial charge >= 0.3 is 0 Å². The fourth-order valence-corrected chi connectivity index (χ4v) is 4.44. The molecule has 0 amide bonds. The number of rotatable bonds is 7. The average molecular weight is 369 g/mol. The third-order valence-electron chi connectivity index (χ3n) is 6.00. The Labute approximate surface area is 161 Å². The van der Waals surface area contributed by atoms with Crippen LogP contribution < -0.4 is 10.3 Å². The smallest absolute Gasteiger partial charge is 0.255 e. The molecule has 0 bridgehead atoms. The van der Waals surface area contributed by atoms with E-state index in [1.165, 1.54) is 38.8 Å². The summed E-state index contributed by atoms with van der Waals surface area (Å²) in [5.41, 5.74) is -0.0412. The normalized spacial score (nSPS) is 23.3. The van der Waals surface area contributed by atoms with Gasteiger partial charge in [0.1, 0.15) is 5.75 Å². The fourth-order valence-electron chi connectivity index (χ4n) is 4.44. The van der Waals surface area contributed by atoms with E-state index in [0.717, 1.165) is 47.2 Å². The number of aromatic nitrogens is 1. The van der Waals surface area contributed by atoms with E-state index in [1.807, 2.05) is 24.3 Å². The lowest BCUT2D eigenvalue weighted by atomic mass is 9.91. The molecule has 2 aliphatic rings.